The normalized spacial score (nSPS) is 11.1. The third-order valence-electron chi connectivity index (χ3n) is 5.45. The van der Waals surface area contributed by atoms with Crippen molar-refractivity contribution < 1.29 is 9.21 Å². The minimum absolute atomic E-state index is 0.0224. The van der Waals surface area contributed by atoms with Gasteiger partial charge in [-0.15, -0.1) is 10.2 Å². The van der Waals surface area contributed by atoms with Crippen molar-refractivity contribution in [2.75, 3.05) is 16.0 Å². The van der Waals surface area contributed by atoms with Crippen molar-refractivity contribution in [2.24, 2.45) is 0 Å². The maximum Gasteiger partial charge on any atom is 0.237 e. The molecule has 7 nitrogen and oxygen atoms in total. The lowest BCUT2D eigenvalue weighted by atomic mass is 10.2. The Bertz CT molecular complexity index is 1230. The lowest BCUT2D eigenvalue weighted by molar-refractivity contribution is -0.116. The van der Waals surface area contributed by atoms with Crippen molar-refractivity contribution >= 4 is 34.7 Å². The molecule has 1 N–H and O–H groups in total. The molecule has 0 saturated heterocycles. The van der Waals surface area contributed by atoms with Crippen LogP contribution in [0.25, 0.3) is 11.4 Å². The molecule has 2 aromatic heterocycles. The van der Waals surface area contributed by atoms with Crippen LogP contribution >= 0.6 is 11.8 Å². The second-order valence-electron chi connectivity index (χ2n) is 8.12. The molecule has 176 valence electrons. The molecule has 4 aromatic rings. The molecule has 1 amide bonds. The molecule has 0 unspecified atom stereocenters. The number of furan rings is 1. The standard InChI is InChI=1S/C26H29N5O2S/c1-5-30-25(23-15-16-33-19(23)4)28-29-26(30)34-17-24(32)31(18(2)3)22-13-11-21(12-14-22)27-20-9-7-6-8-10-20/h6-16,18,27H,5,17H2,1-4H3. The van der Waals surface area contributed by atoms with Crippen LogP contribution in [0.4, 0.5) is 17.1 Å². The Morgan fingerprint density at radius 3 is 2.38 bits per heavy atom. The van der Waals surface area contributed by atoms with E-state index in [1.807, 2.05) is 97.8 Å². The second kappa shape index (κ2) is 10.6. The van der Waals surface area contributed by atoms with E-state index in [4.69, 9.17) is 4.42 Å². The van der Waals surface area contributed by atoms with E-state index in [1.165, 1.54) is 11.8 Å². The summed E-state index contributed by atoms with van der Waals surface area (Å²) in [7, 11) is 0. The topological polar surface area (TPSA) is 76.2 Å². The molecular formula is C26H29N5O2S. The highest BCUT2D eigenvalue weighted by Gasteiger charge is 2.22. The number of aromatic nitrogens is 3. The first kappa shape index (κ1) is 23.6. The summed E-state index contributed by atoms with van der Waals surface area (Å²) < 4.78 is 7.43. The number of rotatable bonds is 9. The fourth-order valence-electron chi connectivity index (χ4n) is 3.82. The smallest absolute Gasteiger partial charge is 0.237 e. The van der Waals surface area contributed by atoms with E-state index in [0.717, 1.165) is 39.4 Å². The van der Waals surface area contributed by atoms with E-state index in [-0.39, 0.29) is 17.7 Å². The number of nitrogens with one attached hydrogen (secondary N) is 1. The van der Waals surface area contributed by atoms with Gasteiger partial charge in [0.1, 0.15) is 5.76 Å². The van der Waals surface area contributed by atoms with E-state index in [1.54, 1.807) is 6.26 Å². The summed E-state index contributed by atoms with van der Waals surface area (Å²) in [5.41, 5.74) is 3.78. The molecular weight excluding hydrogens is 446 g/mol. The minimum Gasteiger partial charge on any atom is -0.469 e. The average molecular weight is 476 g/mol. The molecule has 0 fully saturated rings. The van der Waals surface area contributed by atoms with Crippen molar-refractivity contribution in [2.45, 2.75) is 45.4 Å². The fraction of sp³-hybridized carbons (Fsp3) is 0.269. The van der Waals surface area contributed by atoms with Crippen LogP contribution in [0.5, 0.6) is 0 Å². The first-order chi connectivity index (χ1) is 16.5. The highest BCUT2D eigenvalue weighted by Crippen LogP contribution is 2.28. The molecule has 0 bridgehead atoms. The predicted octanol–water partition coefficient (Wildman–Crippen LogP) is 6.14. The van der Waals surface area contributed by atoms with Gasteiger partial charge in [0.25, 0.3) is 0 Å². The highest BCUT2D eigenvalue weighted by molar-refractivity contribution is 7.99. The van der Waals surface area contributed by atoms with E-state index >= 15 is 0 Å². The zero-order chi connectivity index (χ0) is 24.1. The van der Waals surface area contributed by atoms with Gasteiger partial charge in [0.15, 0.2) is 11.0 Å². The van der Waals surface area contributed by atoms with Crippen LogP contribution in [0.2, 0.25) is 0 Å². The lowest BCUT2D eigenvalue weighted by Crippen LogP contribution is -2.38. The summed E-state index contributed by atoms with van der Waals surface area (Å²) in [6.45, 7) is 8.69. The summed E-state index contributed by atoms with van der Waals surface area (Å²) in [5, 5.41) is 12.8. The van der Waals surface area contributed by atoms with Crippen LogP contribution in [-0.4, -0.2) is 32.5 Å². The Balaban J connectivity index is 1.46. The largest absolute Gasteiger partial charge is 0.469 e. The van der Waals surface area contributed by atoms with E-state index in [0.29, 0.717) is 6.54 Å². The monoisotopic (exact) mass is 475 g/mol. The molecule has 0 atom stereocenters. The second-order valence-corrected chi connectivity index (χ2v) is 9.07. The number of benzene rings is 2. The molecule has 8 heteroatoms. The number of hydrogen-bond acceptors (Lipinski definition) is 6. The van der Waals surface area contributed by atoms with Crippen molar-refractivity contribution in [3.63, 3.8) is 0 Å². The SMILES string of the molecule is CCn1c(SCC(=O)N(c2ccc(Nc3ccccc3)cc2)C(C)C)nnc1-c1ccoc1C. The van der Waals surface area contributed by atoms with Crippen molar-refractivity contribution in [3.8, 4) is 11.4 Å². The Labute approximate surface area is 204 Å². The van der Waals surface area contributed by atoms with E-state index in [9.17, 15) is 4.79 Å². The molecule has 0 aliphatic heterocycles. The van der Waals surface area contributed by atoms with E-state index in [2.05, 4.69) is 15.5 Å². The van der Waals surface area contributed by atoms with Gasteiger partial charge in [-0.25, -0.2) is 0 Å². The zero-order valence-corrected chi connectivity index (χ0v) is 20.7. The van der Waals surface area contributed by atoms with Crippen molar-refractivity contribution in [1.82, 2.24) is 14.8 Å². The minimum atomic E-state index is 0.0224. The van der Waals surface area contributed by atoms with Crippen molar-refractivity contribution in [1.29, 1.82) is 0 Å². The third kappa shape index (κ3) is 5.17. The summed E-state index contributed by atoms with van der Waals surface area (Å²) in [6, 6.07) is 19.9. The lowest BCUT2D eigenvalue weighted by Gasteiger charge is -2.27. The number of nitrogens with zero attached hydrogens (tertiary/aromatic N) is 4. The summed E-state index contributed by atoms with van der Waals surface area (Å²) in [5.74, 6) is 1.84. The summed E-state index contributed by atoms with van der Waals surface area (Å²) in [6.07, 6.45) is 1.65. The predicted molar refractivity (Wildman–Crippen MR) is 138 cm³/mol. The molecule has 0 radical (unpaired) electrons. The van der Waals surface area contributed by atoms with Gasteiger partial charge in [-0.1, -0.05) is 30.0 Å². The number of anilines is 3. The molecule has 0 saturated carbocycles. The Morgan fingerprint density at radius 1 is 1.06 bits per heavy atom. The number of hydrogen-bond donors (Lipinski definition) is 1. The maximum atomic E-state index is 13.2. The first-order valence-corrected chi connectivity index (χ1v) is 12.3. The van der Waals surface area contributed by atoms with Crippen LogP contribution in [0.15, 0.2) is 76.5 Å². The number of thioether (sulfide) groups is 1. The van der Waals surface area contributed by atoms with Gasteiger partial charge in [-0.2, -0.15) is 0 Å². The van der Waals surface area contributed by atoms with Gasteiger partial charge in [-0.05, 0) is 70.2 Å². The molecule has 34 heavy (non-hydrogen) atoms. The quantitative estimate of drug-likeness (QED) is 0.293. The number of carbonyl (C=O) groups excluding carboxylic acids is 1. The van der Waals surface area contributed by atoms with Crippen LogP contribution in [0.3, 0.4) is 0 Å². The van der Waals surface area contributed by atoms with Gasteiger partial charge >= 0.3 is 0 Å². The molecule has 4 rings (SSSR count). The Morgan fingerprint density at radius 2 is 1.76 bits per heavy atom. The van der Waals surface area contributed by atoms with Crippen LogP contribution in [0.1, 0.15) is 26.5 Å². The molecule has 0 spiro atoms. The highest BCUT2D eigenvalue weighted by atomic mass is 32.2. The Hall–Kier alpha value is -3.52. The number of carbonyl (C=O) groups is 1. The summed E-state index contributed by atoms with van der Waals surface area (Å²) in [4.78, 5) is 15.1. The Kier molecular flexibility index (Phi) is 7.37. The maximum absolute atomic E-state index is 13.2. The van der Waals surface area contributed by atoms with Crippen molar-refractivity contribution in [3.05, 3.63) is 72.7 Å². The molecule has 2 aromatic carbocycles. The number of para-hydroxylation sites is 1. The number of amides is 1. The van der Waals surface area contributed by atoms with Crippen LogP contribution < -0.4 is 10.2 Å². The van der Waals surface area contributed by atoms with Crippen LogP contribution in [0, 0.1) is 6.92 Å². The van der Waals surface area contributed by atoms with Crippen LogP contribution in [-0.2, 0) is 11.3 Å². The third-order valence-corrected chi connectivity index (χ3v) is 6.40. The van der Waals surface area contributed by atoms with Gasteiger partial charge in [0.05, 0.1) is 17.6 Å². The zero-order valence-electron chi connectivity index (χ0n) is 19.9. The van der Waals surface area contributed by atoms with Gasteiger partial charge < -0.3 is 19.2 Å². The fourth-order valence-corrected chi connectivity index (χ4v) is 4.68. The molecule has 2 heterocycles. The first-order valence-electron chi connectivity index (χ1n) is 11.3. The summed E-state index contributed by atoms with van der Waals surface area (Å²) >= 11 is 1.40. The van der Waals surface area contributed by atoms with E-state index < -0.39 is 0 Å². The van der Waals surface area contributed by atoms with Gasteiger partial charge in [0, 0.05) is 29.6 Å². The number of aryl methyl sites for hydroxylation is 1. The molecule has 0 aliphatic carbocycles. The molecule has 0 aliphatic rings. The average Bonchev–Trinajstić information content (AvgIpc) is 3.44. The van der Waals surface area contributed by atoms with Gasteiger partial charge in [0.2, 0.25) is 5.91 Å². The van der Waals surface area contributed by atoms with Gasteiger partial charge in [-0.3, -0.25) is 4.79 Å².